The van der Waals surface area contributed by atoms with E-state index in [1.807, 2.05) is 19.9 Å². The third-order valence-corrected chi connectivity index (χ3v) is 3.84. The lowest BCUT2D eigenvalue weighted by atomic mass is 10.0. The zero-order chi connectivity index (χ0) is 12.6. The second-order valence-electron chi connectivity index (χ2n) is 4.15. The van der Waals surface area contributed by atoms with E-state index in [0.29, 0.717) is 0 Å². The minimum atomic E-state index is 0.912. The zero-order valence-corrected chi connectivity index (χ0v) is 12.0. The van der Waals surface area contributed by atoms with E-state index < -0.39 is 0 Å². The topological polar surface area (TPSA) is 37.9 Å². The highest BCUT2D eigenvalue weighted by Crippen LogP contribution is 2.34. The van der Waals surface area contributed by atoms with E-state index in [9.17, 15) is 0 Å². The summed E-state index contributed by atoms with van der Waals surface area (Å²) in [5.74, 6) is 0.912. The molecule has 2 rings (SSSR count). The molecule has 0 unspecified atom stereocenters. The summed E-state index contributed by atoms with van der Waals surface area (Å²) in [5.41, 5.74) is 5.37. The van der Waals surface area contributed by atoms with Gasteiger partial charge in [0.05, 0.1) is 11.6 Å². The van der Waals surface area contributed by atoms with Gasteiger partial charge in [0, 0.05) is 11.3 Å². The van der Waals surface area contributed by atoms with Crippen molar-refractivity contribution in [3.8, 4) is 17.0 Å². The number of rotatable bonds is 2. The molecule has 0 spiro atoms. The van der Waals surface area contributed by atoms with Gasteiger partial charge in [-0.2, -0.15) is 5.10 Å². The smallest absolute Gasteiger partial charge is 0.122 e. The molecule has 0 aliphatic rings. The maximum Gasteiger partial charge on any atom is 0.122 e. The molecule has 0 amide bonds. The van der Waals surface area contributed by atoms with E-state index in [4.69, 9.17) is 4.74 Å². The fourth-order valence-electron chi connectivity index (χ4n) is 1.86. The Morgan fingerprint density at radius 1 is 1.18 bits per heavy atom. The molecule has 0 aliphatic heterocycles. The number of ether oxygens (including phenoxy) is 1. The van der Waals surface area contributed by atoms with E-state index in [1.54, 1.807) is 7.11 Å². The van der Waals surface area contributed by atoms with Crippen LogP contribution in [0.3, 0.4) is 0 Å². The first-order valence-corrected chi connectivity index (χ1v) is 6.20. The molecule has 1 aromatic carbocycles. The van der Waals surface area contributed by atoms with Gasteiger partial charge in [-0.1, -0.05) is 0 Å². The molecule has 0 saturated carbocycles. The SMILES string of the molecule is COc1cc(C)c(-c2n[nH]c(C)c2Br)cc1C. The van der Waals surface area contributed by atoms with Crippen molar-refractivity contribution in [1.82, 2.24) is 10.2 Å². The zero-order valence-electron chi connectivity index (χ0n) is 10.4. The highest BCUT2D eigenvalue weighted by Gasteiger charge is 2.13. The third kappa shape index (κ3) is 2.09. The van der Waals surface area contributed by atoms with Gasteiger partial charge in [-0.15, -0.1) is 0 Å². The lowest BCUT2D eigenvalue weighted by Crippen LogP contribution is -1.92. The van der Waals surface area contributed by atoms with Gasteiger partial charge in [0.1, 0.15) is 11.4 Å². The fraction of sp³-hybridized carbons (Fsp3) is 0.308. The van der Waals surface area contributed by atoms with Crippen LogP contribution in [0.25, 0.3) is 11.3 Å². The minimum absolute atomic E-state index is 0.912. The molecule has 17 heavy (non-hydrogen) atoms. The molecule has 90 valence electrons. The van der Waals surface area contributed by atoms with Gasteiger partial charge >= 0.3 is 0 Å². The Kier molecular flexibility index (Phi) is 3.24. The van der Waals surface area contributed by atoms with Gasteiger partial charge in [0.25, 0.3) is 0 Å². The van der Waals surface area contributed by atoms with Crippen LogP contribution in [-0.2, 0) is 0 Å². The molecule has 0 saturated heterocycles. The van der Waals surface area contributed by atoms with Gasteiger partial charge in [0.15, 0.2) is 0 Å². The summed E-state index contributed by atoms with van der Waals surface area (Å²) < 4.78 is 6.33. The summed E-state index contributed by atoms with van der Waals surface area (Å²) in [7, 11) is 1.69. The molecule has 4 heteroatoms. The minimum Gasteiger partial charge on any atom is -0.496 e. The Balaban J connectivity index is 2.60. The average molecular weight is 295 g/mol. The van der Waals surface area contributed by atoms with E-state index in [0.717, 1.165) is 38.3 Å². The summed E-state index contributed by atoms with van der Waals surface area (Å²) in [6.45, 7) is 6.09. The van der Waals surface area contributed by atoms with Gasteiger partial charge in [0.2, 0.25) is 0 Å². The summed E-state index contributed by atoms with van der Waals surface area (Å²) in [6, 6.07) is 4.15. The summed E-state index contributed by atoms with van der Waals surface area (Å²) in [4.78, 5) is 0. The molecule has 1 aromatic heterocycles. The molecule has 0 radical (unpaired) electrons. The molecule has 0 atom stereocenters. The van der Waals surface area contributed by atoms with E-state index in [2.05, 4.69) is 39.1 Å². The van der Waals surface area contributed by atoms with Gasteiger partial charge in [-0.3, -0.25) is 5.10 Å². The van der Waals surface area contributed by atoms with Crippen LogP contribution in [0.5, 0.6) is 5.75 Å². The monoisotopic (exact) mass is 294 g/mol. The second kappa shape index (κ2) is 4.53. The number of hydrogen-bond acceptors (Lipinski definition) is 2. The fourth-order valence-corrected chi connectivity index (χ4v) is 2.25. The van der Waals surface area contributed by atoms with Gasteiger partial charge < -0.3 is 4.74 Å². The predicted molar refractivity (Wildman–Crippen MR) is 72.5 cm³/mol. The molecule has 3 nitrogen and oxygen atoms in total. The van der Waals surface area contributed by atoms with E-state index in [-0.39, 0.29) is 0 Å². The molecular formula is C13H15BrN2O. The number of aromatic nitrogens is 2. The van der Waals surface area contributed by atoms with Crippen molar-refractivity contribution in [2.75, 3.05) is 7.11 Å². The summed E-state index contributed by atoms with van der Waals surface area (Å²) >= 11 is 3.56. The number of hydrogen-bond donors (Lipinski definition) is 1. The van der Waals surface area contributed by atoms with Crippen molar-refractivity contribution in [1.29, 1.82) is 0 Å². The molecular weight excluding hydrogens is 280 g/mol. The van der Waals surface area contributed by atoms with Crippen molar-refractivity contribution in [2.24, 2.45) is 0 Å². The highest BCUT2D eigenvalue weighted by molar-refractivity contribution is 9.10. The molecule has 0 bridgehead atoms. The second-order valence-corrected chi connectivity index (χ2v) is 4.94. The molecule has 1 heterocycles. The number of aryl methyl sites for hydroxylation is 3. The Morgan fingerprint density at radius 3 is 2.41 bits per heavy atom. The van der Waals surface area contributed by atoms with Crippen LogP contribution >= 0.6 is 15.9 Å². The van der Waals surface area contributed by atoms with Crippen molar-refractivity contribution in [3.05, 3.63) is 33.4 Å². The number of nitrogens with zero attached hydrogens (tertiary/aromatic N) is 1. The Bertz CT molecular complexity index is 561. The Hall–Kier alpha value is -1.29. The van der Waals surface area contributed by atoms with Gasteiger partial charge in [-0.25, -0.2) is 0 Å². The standard InChI is InChI=1S/C13H15BrN2O/c1-7-6-11(17-4)8(2)5-10(7)13-12(14)9(3)15-16-13/h5-6H,1-4H3,(H,15,16). The van der Waals surface area contributed by atoms with Crippen LogP contribution < -0.4 is 4.74 Å². The van der Waals surface area contributed by atoms with Crippen LogP contribution in [-0.4, -0.2) is 17.3 Å². The van der Waals surface area contributed by atoms with Crippen molar-refractivity contribution < 1.29 is 4.74 Å². The number of methoxy groups -OCH3 is 1. The molecule has 0 fully saturated rings. The first-order chi connectivity index (χ1) is 8.04. The summed E-state index contributed by atoms with van der Waals surface area (Å²) in [6.07, 6.45) is 0. The van der Waals surface area contributed by atoms with Crippen molar-refractivity contribution in [3.63, 3.8) is 0 Å². The lowest BCUT2D eigenvalue weighted by Gasteiger charge is -2.10. The van der Waals surface area contributed by atoms with Crippen LogP contribution in [0.15, 0.2) is 16.6 Å². The van der Waals surface area contributed by atoms with Crippen LogP contribution in [0, 0.1) is 20.8 Å². The summed E-state index contributed by atoms with van der Waals surface area (Å²) in [5, 5.41) is 7.31. The maximum atomic E-state index is 5.31. The lowest BCUT2D eigenvalue weighted by molar-refractivity contribution is 0.411. The predicted octanol–water partition coefficient (Wildman–Crippen LogP) is 3.77. The molecule has 1 N–H and O–H groups in total. The van der Waals surface area contributed by atoms with Crippen molar-refractivity contribution >= 4 is 15.9 Å². The third-order valence-electron chi connectivity index (χ3n) is 2.87. The van der Waals surface area contributed by atoms with Gasteiger partial charge in [-0.05, 0) is 60.0 Å². The van der Waals surface area contributed by atoms with Crippen LogP contribution in [0.2, 0.25) is 0 Å². The highest BCUT2D eigenvalue weighted by atomic mass is 79.9. The number of H-pyrrole nitrogens is 1. The first kappa shape index (κ1) is 12.2. The maximum absolute atomic E-state index is 5.31. The normalized spacial score (nSPS) is 10.6. The van der Waals surface area contributed by atoms with E-state index >= 15 is 0 Å². The van der Waals surface area contributed by atoms with E-state index in [1.165, 1.54) is 0 Å². The first-order valence-electron chi connectivity index (χ1n) is 5.40. The quantitative estimate of drug-likeness (QED) is 0.915. The van der Waals surface area contributed by atoms with Crippen molar-refractivity contribution in [2.45, 2.75) is 20.8 Å². The number of halogens is 1. The largest absolute Gasteiger partial charge is 0.496 e. The number of aromatic amines is 1. The number of benzene rings is 1. The average Bonchev–Trinajstić information content (AvgIpc) is 2.63. The Morgan fingerprint density at radius 2 is 1.88 bits per heavy atom. The molecule has 2 aromatic rings. The molecule has 0 aliphatic carbocycles. The Labute approximate surface area is 109 Å². The van der Waals surface area contributed by atoms with Crippen LogP contribution in [0.1, 0.15) is 16.8 Å². The van der Waals surface area contributed by atoms with Crippen LogP contribution in [0.4, 0.5) is 0 Å². The number of nitrogens with one attached hydrogen (secondary N) is 1.